The van der Waals surface area contributed by atoms with Crippen molar-refractivity contribution < 1.29 is 9.13 Å². The number of hydrogen-bond donors (Lipinski definition) is 1. The fourth-order valence-corrected chi connectivity index (χ4v) is 1.70. The normalized spacial score (nSPS) is 11.9. The van der Waals surface area contributed by atoms with E-state index in [-0.39, 0.29) is 11.9 Å². The minimum Gasteiger partial charge on any atom is -0.496 e. The predicted octanol–water partition coefficient (Wildman–Crippen LogP) is 2.79. The minimum atomic E-state index is -0.273. The molecule has 4 heteroatoms. The molecule has 1 rings (SSSR count). The smallest absolute Gasteiger partial charge is 0.131 e. The van der Waals surface area contributed by atoms with Crippen LogP contribution in [0.3, 0.4) is 0 Å². The quantitative estimate of drug-likeness (QED) is 0.772. The Morgan fingerprint density at radius 1 is 1.53 bits per heavy atom. The van der Waals surface area contributed by atoms with Crippen molar-refractivity contribution in [1.82, 2.24) is 5.32 Å². The number of nitriles is 1. The molecule has 0 aliphatic carbocycles. The minimum absolute atomic E-state index is 0.134. The molecule has 0 heterocycles. The zero-order valence-electron chi connectivity index (χ0n) is 10.2. The number of hydrogen-bond acceptors (Lipinski definition) is 3. The molecule has 3 nitrogen and oxygen atoms in total. The van der Waals surface area contributed by atoms with Gasteiger partial charge in [0.05, 0.1) is 13.2 Å². The Balaban J connectivity index is 2.68. The number of rotatable bonds is 6. The van der Waals surface area contributed by atoms with E-state index in [1.165, 1.54) is 13.2 Å². The Morgan fingerprint density at radius 2 is 2.29 bits per heavy atom. The molecule has 0 saturated carbocycles. The van der Waals surface area contributed by atoms with Gasteiger partial charge in [0.15, 0.2) is 0 Å². The van der Waals surface area contributed by atoms with E-state index >= 15 is 0 Å². The second kappa shape index (κ2) is 6.87. The fraction of sp³-hybridized carbons (Fsp3) is 0.462. The number of unbranched alkanes of at least 4 members (excludes halogenated alkanes) is 1. The number of halogens is 1. The molecule has 1 aromatic rings. The van der Waals surface area contributed by atoms with Gasteiger partial charge in [-0.2, -0.15) is 5.26 Å². The third-order valence-corrected chi connectivity index (χ3v) is 2.58. The van der Waals surface area contributed by atoms with Gasteiger partial charge in [0.1, 0.15) is 11.6 Å². The summed E-state index contributed by atoms with van der Waals surface area (Å²) in [6, 6.07) is 6.73. The van der Waals surface area contributed by atoms with Crippen LogP contribution in [0.15, 0.2) is 18.2 Å². The van der Waals surface area contributed by atoms with Crippen molar-refractivity contribution in [2.24, 2.45) is 0 Å². The summed E-state index contributed by atoms with van der Waals surface area (Å²) in [6.45, 7) is 2.57. The maximum atomic E-state index is 13.7. The van der Waals surface area contributed by atoms with E-state index in [9.17, 15) is 4.39 Å². The van der Waals surface area contributed by atoms with Gasteiger partial charge in [0.2, 0.25) is 0 Å². The van der Waals surface area contributed by atoms with E-state index in [0.717, 1.165) is 6.42 Å². The van der Waals surface area contributed by atoms with Gasteiger partial charge in [0.25, 0.3) is 0 Å². The van der Waals surface area contributed by atoms with Crippen molar-refractivity contribution >= 4 is 0 Å². The molecule has 0 aliphatic rings. The van der Waals surface area contributed by atoms with Crippen molar-refractivity contribution in [3.63, 3.8) is 0 Å². The molecule has 0 saturated heterocycles. The summed E-state index contributed by atoms with van der Waals surface area (Å²) in [7, 11) is 1.53. The molecule has 0 spiro atoms. The average molecular weight is 236 g/mol. The molecule has 17 heavy (non-hydrogen) atoms. The predicted molar refractivity (Wildman–Crippen MR) is 64.2 cm³/mol. The maximum absolute atomic E-state index is 13.7. The van der Waals surface area contributed by atoms with Crippen LogP contribution in [0.2, 0.25) is 0 Å². The molecule has 92 valence electrons. The molecule has 1 atom stereocenters. The zero-order chi connectivity index (χ0) is 12.7. The SMILES string of the molecule is COc1cccc(F)c1C(C)NCCCC#N. The van der Waals surface area contributed by atoms with Gasteiger partial charge in [-0.05, 0) is 32.0 Å². The zero-order valence-corrected chi connectivity index (χ0v) is 10.2. The Hall–Kier alpha value is -1.60. The largest absolute Gasteiger partial charge is 0.496 e. The van der Waals surface area contributed by atoms with Crippen molar-refractivity contribution in [1.29, 1.82) is 5.26 Å². The number of methoxy groups -OCH3 is 1. The lowest BCUT2D eigenvalue weighted by Gasteiger charge is -2.17. The number of nitrogens with zero attached hydrogens (tertiary/aromatic N) is 1. The van der Waals surface area contributed by atoms with Crippen LogP contribution in [0.25, 0.3) is 0 Å². The van der Waals surface area contributed by atoms with E-state index < -0.39 is 0 Å². The summed E-state index contributed by atoms with van der Waals surface area (Å²) < 4.78 is 18.8. The lowest BCUT2D eigenvalue weighted by molar-refractivity contribution is 0.393. The summed E-state index contributed by atoms with van der Waals surface area (Å²) in [4.78, 5) is 0. The van der Waals surface area contributed by atoms with Crippen molar-refractivity contribution in [3.05, 3.63) is 29.6 Å². The maximum Gasteiger partial charge on any atom is 0.131 e. The van der Waals surface area contributed by atoms with Crippen LogP contribution in [0, 0.1) is 17.1 Å². The highest BCUT2D eigenvalue weighted by Crippen LogP contribution is 2.27. The van der Waals surface area contributed by atoms with E-state index in [1.54, 1.807) is 12.1 Å². The topological polar surface area (TPSA) is 45.0 Å². The van der Waals surface area contributed by atoms with Crippen LogP contribution in [0.1, 0.15) is 31.4 Å². The molecule has 0 aromatic heterocycles. The second-order valence-electron chi connectivity index (χ2n) is 3.79. The second-order valence-corrected chi connectivity index (χ2v) is 3.79. The molecule has 1 unspecified atom stereocenters. The first-order chi connectivity index (χ1) is 8.20. The van der Waals surface area contributed by atoms with Crippen molar-refractivity contribution in [2.45, 2.75) is 25.8 Å². The molecule has 0 amide bonds. The Bertz CT molecular complexity index is 401. The van der Waals surface area contributed by atoms with Gasteiger partial charge >= 0.3 is 0 Å². The molecular weight excluding hydrogens is 219 g/mol. The molecule has 1 N–H and O–H groups in total. The highest BCUT2D eigenvalue weighted by molar-refractivity contribution is 5.36. The highest BCUT2D eigenvalue weighted by atomic mass is 19.1. The van der Waals surface area contributed by atoms with E-state index in [0.29, 0.717) is 24.3 Å². The van der Waals surface area contributed by atoms with Gasteiger partial charge < -0.3 is 10.1 Å². The van der Waals surface area contributed by atoms with Crippen molar-refractivity contribution in [2.75, 3.05) is 13.7 Å². The molecule has 0 fully saturated rings. The molecule has 1 aromatic carbocycles. The Morgan fingerprint density at radius 3 is 2.94 bits per heavy atom. The molecule has 0 bridgehead atoms. The summed E-state index contributed by atoms with van der Waals surface area (Å²) >= 11 is 0. The Labute approximate surface area is 101 Å². The summed E-state index contributed by atoms with van der Waals surface area (Å²) in [5, 5.41) is 11.6. The molecule has 0 aliphatic heterocycles. The van der Waals surface area contributed by atoms with Crippen molar-refractivity contribution in [3.8, 4) is 11.8 Å². The summed E-state index contributed by atoms with van der Waals surface area (Å²) in [5.74, 6) is 0.273. The van der Waals surface area contributed by atoms with Crippen LogP contribution in [-0.4, -0.2) is 13.7 Å². The Kier molecular flexibility index (Phi) is 5.44. The standard InChI is InChI=1S/C13H17FN2O/c1-10(16-9-4-3-8-15)13-11(14)6-5-7-12(13)17-2/h5-7,10,16H,3-4,9H2,1-2H3. The van der Waals surface area contributed by atoms with Crippen LogP contribution in [0.4, 0.5) is 4.39 Å². The lowest BCUT2D eigenvalue weighted by atomic mass is 10.1. The monoisotopic (exact) mass is 236 g/mol. The van der Waals surface area contributed by atoms with Gasteiger partial charge in [-0.1, -0.05) is 6.07 Å². The summed E-state index contributed by atoms with van der Waals surface area (Å²) in [5.41, 5.74) is 0.534. The lowest BCUT2D eigenvalue weighted by Crippen LogP contribution is -2.21. The molecular formula is C13H17FN2O. The number of nitrogens with one attached hydrogen (secondary N) is 1. The highest BCUT2D eigenvalue weighted by Gasteiger charge is 2.15. The average Bonchev–Trinajstić information content (AvgIpc) is 2.34. The van der Waals surface area contributed by atoms with Crippen LogP contribution < -0.4 is 10.1 Å². The number of benzene rings is 1. The molecule has 0 radical (unpaired) electrons. The van der Waals surface area contributed by atoms with Gasteiger partial charge in [-0.3, -0.25) is 0 Å². The van der Waals surface area contributed by atoms with E-state index in [2.05, 4.69) is 11.4 Å². The third kappa shape index (κ3) is 3.72. The van der Waals surface area contributed by atoms with Gasteiger partial charge in [0, 0.05) is 18.0 Å². The van der Waals surface area contributed by atoms with Gasteiger partial charge in [-0.15, -0.1) is 0 Å². The van der Waals surface area contributed by atoms with E-state index in [1.807, 2.05) is 6.92 Å². The van der Waals surface area contributed by atoms with Gasteiger partial charge in [-0.25, -0.2) is 4.39 Å². The first-order valence-electron chi connectivity index (χ1n) is 5.63. The van der Waals surface area contributed by atoms with Crippen LogP contribution >= 0.6 is 0 Å². The van der Waals surface area contributed by atoms with E-state index in [4.69, 9.17) is 10.00 Å². The first-order valence-corrected chi connectivity index (χ1v) is 5.63. The first kappa shape index (κ1) is 13.5. The fourth-order valence-electron chi connectivity index (χ4n) is 1.70. The van der Waals surface area contributed by atoms with Crippen LogP contribution in [0.5, 0.6) is 5.75 Å². The van der Waals surface area contributed by atoms with Crippen LogP contribution in [-0.2, 0) is 0 Å². The number of ether oxygens (including phenoxy) is 1. The third-order valence-electron chi connectivity index (χ3n) is 2.58. The summed E-state index contributed by atoms with van der Waals surface area (Å²) in [6.07, 6.45) is 1.27.